The predicted octanol–water partition coefficient (Wildman–Crippen LogP) is 4.26. The average Bonchev–Trinajstić information content (AvgIpc) is 3.56. The molecule has 2 N–H and O–H groups in total. The first-order chi connectivity index (χ1) is 16.5. The van der Waals surface area contributed by atoms with Gasteiger partial charge in [-0.25, -0.2) is 19.3 Å². The van der Waals surface area contributed by atoms with E-state index in [2.05, 4.69) is 30.1 Å². The lowest BCUT2D eigenvalue weighted by atomic mass is 10.0. The average molecular weight is 453 g/mol. The van der Waals surface area contributed by atoms with E-state index in [1.54, 1.807) is 24.9 Å². The summed E-state index contributed by atoms with van der Waals surface area (Å²) in [7, 11) is 3.88. The molecule has 10 heteroatoms. The first-order valence-electron chi connectivity index (χ1n) is 10.6. The van der Waals surface area contributed by atoms with E-state index < -0.39 is 5.82 Å². The van der Waals surface area contributed by atoms with Crippen LogP contribution in [0.15, 0.2) is 55.4 Å². The molecule has 0 fully saturated rings. The molecule has 0 saturated carbocycles. The molecule has 5 aromatic heterocycles. The molecular formula is C24H20FN9. The lowest BCUT2D eigenvalue weighted by Crippen LogP contribution is -2.08. The summed E-state index contributed by atoms with van der Waals surface area (Å²) in [5, 5.41) is 7.79. The number of hydrogen-bond donors (Lipinski definition) is 2. The fourth-order valence-electron chi connectivity index (χ4n) is 4.02. The van der Waals surface area contributed by atoms with Crippen LogP contribution in [0, 0.1) is 12.7 Å². The molecule has 0 unspecified atom stereocenters. The normalized spacial score (nSPS) is 11.5. The summed E-state index contributed by atoms with van der Waals surface area (Å²) in [5.74, 6) is 0.779. The molecule has 0 spiro atoms. The summed E-state index contributed by atoms with van der Waals surface area (Å²) in [6.45, 7) is 1.92. The largest absolute Gasteiger partial charge is 0.376 e. The van der Waals surface area contributed by atoms with Gasteiger partial charge in [-0.05, 0) is 36.8 Å². The van der Waals surface area contributed by atoms with E-state index >= 15 is 4.39 Å². The fourth-order valence-corrected chi connectivity index (χ4v) is 4.02. The van der Waals surface area contributed by atoms with Crippen molar-refractivity contribution in [1.29, 1.82) is 0 Å². The quantitative estimate of drug-likeness (QED) is 0.413. The smallest absolute Gasteiger partial charge is 0.166 e. The maximum Gasteiger partial charge on any atom is 0.166 e. The Kier molecular flexibility index (Phi) is 4.41. The van der Waals surface area contributed by atoms with Crippen molar-refractivity contribution in [1.82, 2.24) is 39.7 Å². The Hall–Kier alpha value is -4.60. The van der Waals surface area contributed by atoms with Crippen LogP contribution < -0.4 is 4.90 Å². The second-order valence-corrected chi connectivity index (χ2v) is 8.32. The summed E-state index contributed by atoms with van der Waals surface area (Å²) < 4.78 is 16.9. The van der Waals surface area contributed by atoms with Crippen molar-refractivity contribution in [3.8, 4) is 28.5 Å². The Bertz CT molecular complexity index is 1680. The van der Waals surface area contributed by atoms with Gasteiger partial charge in [0, 0.05) is 43.6 Å². The molecule has 6 aromatic rings. The van der Waals surface area contributed by atoms with Crippen LogP contribution in [-0.2, 0) is 0 Å². The molecule has 0 aliphatic carbocycles. The molecule has 0 atom stereocenters. The number of halogens is 1. The van der Waals surface area contributed by atoms with Crippen molar-refractivity contribution < 1.29 is 4.39 Å². The van der Waals surface area contributed by atoms with E-state index in [-0.39, 0.29) is 5.52 Å². The van der Waals surface area contributed by atoms with Gasteiger partial charge < -0.3 is 9.88 Å². The maximum atomic E-state index is 15.0. The Morgan fingerprint density at radius 1 is 1.03 bits per heavy atom. The van der Waals surface area contributed by atoms with Crippen LogP contribution in [0.2, 0.25) is 0 Å². The minimum atomic E-state index is -0.419. The van der Waals surface area contributed by atoms with Gasteiger partial charge >= 0.3 is 0 Å². The van der Waals surface area contributed by atoms with Crippen molar-refractivity contribution in [3.05, 3.63) is 66.9 Å². The van der Waals surface area contributed by atoms with Crippen molar-refractivity contribution >= 4 is 27.6 Å². The van der Waals surface area contributed by atoms with Crippen molar-refractivity contribution in [2.75, 3.05) is 19.0 Å². The van der Waals surface area contributed by atoms with Crippen LogP contribution in [-0.4, -0.2) is 53.8 Å². The lowest BCUT2D eigenvalue weighted by Gasteiger charge is -2.13. The second kappa shape index (κ2) is 7.48. The van der Waals surface area contributed by atoms with E-state index in [0.717, 1.165) is 22.5 Å². The zero-order valence-electron chi connectivity index (χ0n) is 18.7. The number of nitrogens with zero attached hydrogens (tertiary/aromatic N) is 7. The molecule has 1 aromatic carbocycles. The Morgan fingerprint density at radius 3 is 2.71 bits per heavy atom. The van der Waals surface area contributed by atoms with Gasteiger partial charge in [-0.15, -0.1) is 0 Å². The minimum Gasteiger partial charge on any atom is -0.376 e. The molecule has 0 bridgehead atoms. The van der Waals surface area contributed by atoms with Crippen LogP contribution in [0.25, 0.3) is 50.4 Å². The van der Waals surface area contributed by atoms with Gasteiger partial charge in [-0.3, -0.25) is 14.6 Å². The van der Waals surface area contributed by atoms with Gasteiger partial charge in [0.05, 0.1) is 23.1 Å². The summed E-state index contributed by atoms with van der Waals surface area (Å²) in [6.07, 6.45) is 8.79. The van der Waals surface area contributed by atoms with Gasteiger partial charge in [0.2, 0.25) is 0 Å². The number of fused-ring (bicyclic) bond motifs is 2. The van der Waals surface area contributed by atoms with Gasteiger partial charge in [0.15, 0.2) is 17.5 Å². The summed E-state index contributed by atoms with van der Waals surface area (Å²) >= 11 is 0. The van der Waals surface area contributed by atoms with Gasteiger partial charge in [0.1, 0.15) is 23.1 Å². The molecular weight excluding hydrogens is 433 g/mol. The van der Waals surface area contributed by atoms with Crippen molar-refractivity contribution in [2.45, 2.75) is 6.92 Å². The first-order valence-corrected chi connectivity index (χ1v) is 10.6. The summed E-state index contributed by atoms with van der Waals surface area (Å²) in [4.78, 5) is 23.1. The van der Waals surface area contributed by atoms with E-state index in [1.165, 1.54) is 6.07 Å². The third kappa shape index (κ3) is 3.19. The van der Waals surface area contributed by atoms with Crippen molar-refractivity contribution in [3.63, 3.8) is 0 Å². The SMILES string of the molecule is Cc1cn(-c2nccc3[nH]c(-c4[nH]nc5c(F)cc(-c6cncc(N(C)C)c6)cc45)nc23)cn1. The molecule has 34 heavy (non-hydrogen) atoms. The number of nitrogens with one attached hydrogen (secondary N) is 2. The monoisotopic (exact) mass is 453 g/mol. The Labute approximate surface area is 193 Å². The number of rotatable bonds is 4. The zero-order chi connectivity index (χ0) is 23.4. The van der Waals surface area contributed by atoms with Gasteiger partial charge in [-0.1, -0.05) is 0 Å². The summed E-state index contributed by atoms with van der Waals surface area (Å²) in [6, 6.07) is 7.20. The molecule has 5 heterocycles. The number of pyridine rings is 2. The van der Waals surface area contributed by atoms with Crippen LogP contribution in [0.1, 0.15) is 5.69 Å². The van der Waals surface area contributed by atoms with Crippen LogP contribution in [0.5, 0.6) is 0 Å². The topological polar surface area (TPSA) is 104 Å². The number of aromatic nitrogens is 8. The number of anilines is 1. The minimum absolute atomic E-state index is 0.250. The fraction of sp³-hybridized carbons (Fsp3) is 0.125. The van der Waals surface area contributed by atoms with Crippen LogP contribution in [0.3, 0.4) is 0 Å². The summed E-state index contributed by atoms with van der Waals surface area (Å²) in [5.41, 5.74) is 5.64. The second-order valence-electron chi connectivity index (χ2n) is 8.32. The van der Waals surface area contributed by atoms with E-state index in [4.69, 9.17) is 4.98 Å². The van der Waals surface area contributed by atoms with Gasteiger partial charge in [0.25, 0.3) is 0 Å². The molecule has 0 aliphatic rings. The predicted molar refractivity (Wildman–Crippen MR) is 128 cm³/mol. The van der Waals surface area contributed by atoms with Gasteiger partial charge in [-0.2, -0.15) is 5.10 Å². The third-order valence-electron chi connectivity index (χ3n) is 5.76. The first kappa shape index (κ1) is 20.0. The van der Waals surface area contributed by atoms with E-state index in [0.29, 0.717) is 33.8 Å². The highest BCUT2D eigenvalue weighted by Crippen LogP contribution is 2.33. The molecule has 6 rings (SSSR count). The number of aryl methyl sites for hydroxylation is 1. The van der Waals surface area contributed by atoms with Crippen LogP contribution in [0.4, 0.5) is 10.1 Å². The van der Waals surface area contributed by atoms with E-state index in [1.807, 2.05) is 54.9 Å². The highest BCUT2D eigenvalue weighted by molar-refractivity contribution is 5.96. The van der Waals surface area contributed by atoms with Crippen LogP contribution >= 0.6 is 0 Å². The highest BCUT2D eigenvalue weighted by Gasteiger charge is 2.18. The van der Waals surface area contributed by atoms with Crippen molar-refractivity contribution in [2.24, 2.45) is 0 Å². The Balaban J connectivity index is 1.51. The molecule has 168 valence electrons. The number of H-pyrrole nitrogens is 2. The van der Waals surface area contributed by atoms with E-state index in [9.17, 15) is 0 Å². The maximum absolute atomic E-state index is 15.0. The number of benzene rings is 1. The zero-order valence-corrected chi connectivity index (χ0v) is 18.7. The molecule has 0 radical (unpaired) electrons. The number of imidazole rings is 2. The molecule has 9 nitrogen and oxygen atoms in total. The number of hydrogen-bond acceptors (Lipinski definition) is 6. The highest BCUT2D eigenvalue weighted by atomic mass is 19.1. The molecule has 0 amide bonds. The lowest BCUT2D eigenvalue weighted by molar-refractivity contribution is 0.636. The third-order valence-corrected chi connectivity index (χ3v) is 5.76. The standard InChI is InChI=1S/C24H20FN9/c1-13-11-34(12-28-13)24-22-19(4-5-27-24)29-23(30-22)21-17-7-14(8-18(25)20(17)31-32-21)15-6-16(33(2)3)10-26-9-15/h4-12H,1-3H3,(H,29,30)(H,31,32). The Morgan fingerprint density at radius 2 is 1.91 bits per heavy atom. The molecule has 0 aliphatic heterocycles. The number of aromatic amines is 2. The molecule has 0 saturated heterocycles.